The van der Waals surface area contributed by atoms with Gasteiger partial charge in [-0.3, -0.25) is 9.69 Å². The minimum absolute atomic E-state index is 0.0487. The van der Waals surface area contributed by atoms with Crippen molar-refractivity contribution >= 4 is 5.97 Å². The number of aliphatic carboxylic acids is 1. The van der Waals surface area contributed by atoms with Gasteiger partial charge in [0.1, 0.15) is 0 Å². The van der Waals surface area contributed by atoms with Gasteiger partial charge in [0.25, 0.3) is 0 Å². The minimum atomic E-state index is -0.779. The van der Waals surface area contributed by atoms with E-state index in [0.29, 0.717) is 19.8 Å². The molecule has 5 heteroatoms. The molecule has 0 spiro atoms. The molecular weight excluding hydrogens is 222 g/mol. The summed E-state index contributed by atoms with van der Waals surface area (Å²) in [5.74, 6) is -1.21. The van der Waals surface area contributed by atoms with E-state index >= 15 is 0 Å². The highest BCUT2D eigenvalue weighted by atomic mass is 16.5. The van der Waals surface area contributed by atoms with Gasteiger partial charge in [-0.25, -0.2) is 0 Å². The third kappa shape index (κ3) is 2.68. The van der Waals surface area contributed by atoms with Gasteiger partial charge >= 0.3 is 5.97 Å². The number of nitrogens with zero attached hydrogens (tertiary/aromatic N) is 1. The van der Waals surface area contributed by atoms with E-state index in [0.717, 1.165) is 12.1 Å². The number of carbonyl (C=O) groups is 1. The lowest BCUT2D eigenvalue weighted by Crippen LogP contribution is -2.42. The Morgan fingerprint density at radius 3 is 3.00 bits per heavy atom. The molecule has 1 aromatic heterocycles. The molecule has 0 aromatic carbocycles. The van der Waals surface area contributed by atoms with Gasteiger partial charge in [0.2, 0.25) is 0 Å². The van der Waals surface area contributed by atoms with Gasteiger partial charge in [-0.15, -0.1) is 0 Å². The highest BCUT2D eigenvalue weighted by molar-refractivity contribution is 5.71. The van der Waals surface area contributed by atoms with Crippen molar-refractivity contribution < 1.29 is 19.1 Å². The number of hydrogen-bond acceptors (Lipinski definition) is 4. The van der Waals surface area contributed by atoms with E-state index in [1.807, 2.05) is 13.0 Å². The van der Waals surface area contributed by atoms with Crippen LogP contribution < -0.4 is 0 Å². The summed E-state index contributed by atoms with van der Waals surface area (Å²) >= 11 is 0. The van der Waals surface area contributed by atoms with Crippen molar-refractivity contribution in [1.82, 2.24) is 4.90 Å². The summed E-state index contributed by atoms with van der Waals surface area (Å²) in [6.45, 7) is 4.32. The van der Waals surface area contributed by atoms with Crippen LogP contribution in [0, 0.1) is 5.92 Å². The summed E-state index contributed by atoms with van der Waals surface area (Å²) in [5, 5.41) is 9.13. The summed E-state index contributed by atoms with van der Waals surface area (Å²) < 4.78 is 10.3. The lowest BCUT2D eigenvalue weighted by Gasteiger charge is -2.28. The summed E-state index contributed by atoms with van der Waals surface area (Å²) in [7, 11) is 0. The topological polar surface area (TPSA) is 62.9 Å². The van der Waals surface area contributed by atoms with Crippen LogP contribution in [-0.4, -0.2) is 41.8 Å². The van der Waals surface area contributed by atoms with Crippen molar-refractivity contribution in [2.24, 2.45) is 5.92 Å². The molecule has 1 aliphatic heterocycles. The molecule has 1 aromatic rings. The van der Waals surface area contributed by atoms with Gasteiger partial charge in [-0.1, -0.05) is 6.92 Å². The van der Waals surface area contributed by atoms with Crippen molar-refractivity contribution in [2.45, 2.75) is 19.5 Å². The van der Waals surface area contributed by atoms with E-state index < -0.39 is 11.9 Å². The van der Waals surface area contributed by atoms with Crippen LogP contribution in [0.25, 0.3) is 0 Å². The SMILES string of the molecule is CCN(Cc1ccoc1)C1COCC1C(=O)O. The number of carboxylic acid groups (broad SMARTS) is 1. The molecule has 17 heavy (non-hydrogen) atoms. The summed E-state index contributed by atoms with van der Waals surface area (Å²) in [4.78, 5) is 13.2. The average Bonchev–Trinajstić information content (AvgIpc) is 2.96. The first-order valence-electron chi connectivity index (χ1n) is 5.78. The Bertz CT molecular complexity index is 363. The van der Waals surface area contributed by atoms with Gasteiger partial charge in [0.05, 0.1) is 31.7 Å². The maximum atomic E-state index is 11.1. The van der Waals surface area contributed by atoms with Crippen LogP contribution in [0.15, 0.2) is 23.0 Å². The van der Waals surface area contributed by atoms with E-state index in [-0.39, 0.29) is 6.04 Å². The van der Waals surface area contributed by atoms with Crippen molar-refractivity contribution in [3.63, 3.8) is 0 Å². The van der Waals surface area contributed by atoms with Crippen LogP contribution in [0.4, 0.5) is 0 Å². The van der Waals surface area contributed by atoms with Gasteiger partial charge in [-0.05, 0) is 12.6 Å². The molecule has 5 nitrogen and oxygen atoms in total. The summed E-state index contributed by atoms with van der Waals surface area (Å²) in [5.41, 5.74) is 1.06. The fraction of sp³-hybridized carbons (Fsp3) is 0.583. The fourth-order valence-corrected chi connectivity index (χ4v) is 2.22. The molecule has 2 rings (SSSR count). The Hall–Kier alpha value is -1.33. The lowest BCUT2D eigenvalue weighted by atomic mass is 10.0. The Labute approximate surface area is 100.0 Å². The van der Waals surface area contributed by atoms with E-state index in [1.165, 1.54) is 0 Å². The number of ether oxygens (including phenoxy) is 1. The summed E-state index contributed by atoms with van der Waals surface area (Å²) in [6.07, 6.45) is 3.32. The fourth-order valence-electron chi connectivity index (χ4n) is 2.22. The van der Waals surface area contributed by atoms with Crippen LogP contribution in [0.1, 0.15) is 12.5 Å². The first kappa shape index (κ1) is 12.1. The van der Waals surface area contributed by atoms with Crippen LogP contribution in [-0.2, 0) is 16.1 Å². The molecule has 0 saturated carbocycles. The van der Waals surface area contributed by atoms with Gasteiger partial charge in [0.15, 0.2) is 0 Å². The van der Waals surface area contributed by atoms with E-state index in [4.69, 9.17) is 14.3 Å². The molecule has 1 aliphatic rings. The zero-order valence-electron chi connectivity index (χ0n) is 9.83. The first-order chi connectivity index (χ1) is 8.22. The molecule has 94 valence electrons. The van der Waals surface area contributed by atoms with Crippen molar-refractivity contribution in [3.05, 3.63) is 24.2 Å². The maximum Gasteiger partial charge on any atom is 0.310 e. The second kappa shape index (κ2) is 5.33. The molecule has 2 unspecified atom stereocenters. The standard InChI is InChI=1S/C12H17NO4/c1-2-13(5-9-3-4-16-6-9)11-8-17-7-10(11)12(14)15/h3-4,6,10-11H,2,5,7-8H2,1H3,(H,14,15). The Morgan fingerprint density at radius 1 is 1.59 bits per heavy atom. The third-order valence-corrected chi connectivity index (χ3v) is 3.21. The first-order valence-corrected chi connectivity index (χ1v) is 5.78. The Morgan fingerprint density at radius 2 is 2.41 bits per heavy atom. The summed E-state index contributed by atoms with van der Waals surface area (Å²) in [6, 6.07) is 1.85. The van der Waals surface area contributed by atoms with Crippen LogP contribution in [0.3, 0.4) is 0 Å². The predicted molar refractivity (Wildman–Crippen MR) is 60.5 cm³/mol. The largest absolute Gasteiger partial charge is 0.481 e. The maximum absolute atomic E-state index is 11.1. The molecule has 0 amide bonds. The van der Waals surface area contributed by atoms with Gasteiger partial charge in [0, 0.05) is 18.2 Å². The van der Waals surface area contributed by atoms with Crippen molar-refractivity contribution in [3.8, 4) is 0 Å². The molecule has 1 fully saturated rings. The molecule has 0 aliphatic carbocycles. The van der Waals surface area contributed by atoms with Gasteiger partial charge < -0.3 is 14.3 Å². The number of hydrogen-bond donors (Lipinski definition) is 1. The average molecular weight is 239 g/mol. The molecular formula is C12H17NO4. The second-order valence-electron chi connectivity index (χ2n) is 4.24. The van der Waals surface area contributed by atoms with Crippen molar-refractivity contribution in [1.29, 1.82) is 0 Å². The molecule has 1 N–H and O–H groups in total. The van der Waals surface area contributed by atoms with Gasteiger partial charge in [-0.2, -0.15) is 0 Å². The Balaban J connectivity index is 2.04. The zero-order chi connectivity index (χ0) is 12.3. The molecule has 0 bridgehead atoms. The monoisotopic (exact) mass is 239 g/mol. The third-order valence-electron chi connectivity index (χ3n) is 3.21. The van der Waals surface area contributed by atoms with E-state index in [9.17, 15) is 4.79 Å². The van der Waals surface area contributed by atoms with Crippen LogP contribution in [0.2, 0.25) is 0 Å². The van der Waals surface area contributed by atoms with Crippen molar-refractivity contribution in [2.75, 3.05) is 19.8 Å². The molecule has 0 radical (unpaired) electrons. The quantitative estimate of drug-likeness (QED) is 0.836. The minimum Gasteiger partial charge on any atom is -0.481 e. The number of furan rings is 1. The highest BCUT2D eigenvalue weighted by Crippen LogP contribution is 2.21. The second-order valence-corrected chi connectivity index (χ2v) is 4.24. The lowest BCUT2D eigenvalue weighted by molar-refractivity contribution is -0.143. The number of carboxylic acids is 1. The number of rotatable bonds is 5. The van der Waals surface area contributed by atoms with E-state index in [2.05, 4.69) is 4.90 Å². The Kier molecular flexibility index (Phi) is 3.81. The smallest absolute Gasteiger partial charge is 0.310 e. The van der Waals surface area contributed by atoms with E-state index in [1.54, 1.807) is 12.5 Å². The highest BCUT2D eigenvalue weighted by Gasteiger charge is 2.37. The number of likely N-dealkylation sites (N-methyl/N-ethyl adjacent to an activating group) is 1. The normalized spacial score (nSPS) is 24.4. The van der Waals surface area contributed by atoms with Crippen LogP contribution >= 0.6 is 0 Å². The predicted octanol–water partition coefficient (Wildman–Crippen LogP) is 1.20. The molecule has 2 heterocycles. The molecule has 1 saturated heterocycles. The zero-order valence-corrected chi connectivity index (χ0v) is 9.83. The molecule has 2 atom stereocenters. The van der Waals surface area contributed by atoms with Crippen LogP contribution in [0.5, 0.6) is 0 Å².